The molecule has 3 rings (SSSR count). The Hall–Kier alpha value is -1.99. The predicted molar refractivity (Wildman–Crippen MR) is 102 cm³/mol. The van der Waals surface area contributed by atoms with Crippen molar-refractivity contribution in [2.24, 2.45) is 5.92 Å². The zero-order valence-corrected chi connectivity index (χ0v) is 16.1. The molecule has 2 amide bonds. The number of likely N-dealkylation sites (tertiary alicyclic amines) is 2. The Kier molecular flexibility index (Phi) is 7.18. The highest BCUT2D eigenvalue weighted by molar-refractivity contribution is 5.93. The summed E-state index contributed by atoms with van der Waals surface area (Å²) in [6, 6.07) is 4.07. The van der Waals surface area contributed by atoms with Gasteiger partial charge in [-0.1, -0.05) is 0 Å². The monoisotopic (exact) mass is 374 g/mol. The largest absolute Gasteiger partial charge is 0.383 e. The second kappa shape index (κ2) is 9.80. The lowest BCUT2D eigenvalue weighted by Crippen LogP contribution is -2.51. The lowest BCUT2D eigenvalue weighted by Gasteiger charge is -2.42. The molecule has 0 saturated carbocycles. The number of hydrogen-bond acceptors (Lipinski definition) is 5. The Balaban J connectivity index is 1.47. The molecule has 0 bridgehead atoms. The number of hydrogen-bond donors (Lipinski definition) is 1. The van der Waals surface area contributed by atoms with E-state index in [1.165, 1.54) is 0 Å². The van der Waals surface area contributed by atoms with E-state index in [0.29, 0.717) is 24.8 Å². The number of nitrogens with zero attached hydrogens (tertiary/aromatic N) is 3. The van der Waals surface area contributed by atoms with Gasteiger partial charge in [-0.3, -0.25) is 19.5 Å². The highest BCUT2D eigenvalue weighted by Gasteiger charge is 2.32. The Labute approximate surface area is 161 Å². The van der Waals surface area contributed by atoms with Crippen molar-refractivity contribution in [3.8, 4) is 0 Å². The number of piperidine rings is 2. The summed E-state index contributed by atoms with van der Waals surface area (Å²) in [5.74, 6) is 0.266. The Morgan fingerprint density at radius 2 is 2.07 bits per heavy atom. The van der Waals surface area contributed by atoms with Gasteiger partial charge in [0, 0.05) is 51.7 Å². The number of methoxy groups -OCH3 is 1. The van der Waals surface area contributed by atoms with Crippen molar-refractivity contribution < 1.29 is 14.3 Å². The second-order valence-corrected chi connectivity index (χ2v) is 7.38. The topological polar surface area (TPSA) is 74.8 Å². The maximum absolute atomic E-state index is 12.6. The van der Waals surface area contributed by atoms with Gasteiger partial charge in [-0.05, 0) is 44.4 Å². The van der Waals surface area contributed by atoms with Gasteiger partial charge in [0.1, 0.15) is 0 Å². The molecule has 0 spiro atoms. The van der Waals surface area contributed by atoms with Crippen molar-refractivity contribution in [1.29, 1.82) is 0 Å². The summed E-state index contributed by atoms with van der Waals surface area (Å²) in [6.07, 6.45) is 7.24. The Morgan fingerprint density at radius 1 is 1.26 bits per heavy atom. The van der Waals surface area contributed by atoms with E-state index in [2.05, 4.69) is 15.2 Å². The SMILES string of the molecule is COCCNC(=O)[C@H]1CCCN(C2CCN(C(=O)c3cccnc3)CC2)C1. The molecule has 27 heavy (non-hydrogen) atoms. The first-order valence-corrected chi connectivity index (χ1v) is 9.89. The van der Waals surface area contributed by atoms with Crippen molar-refractivity contribution in [1.82, 2.24) is 20.1 Å². The van der Waals surface area contributed by atoms with Crippen LogP contribution in [0.3, 0.4) is 0 Å². The normalized spacial score (nSPS) is 21.8. The number of pyridine rings is 1. The van der Waals surface area contributed by atoms with Crippen LogP contribution >= 0.6 is 0 Å². The molecule has 148 valence electrons. The molecule has 1 N–H and O–H groups in total. The van der Waals surface area contributed by atoms with Gasteiger partial charge in [0.05, 0.1) is 18.1 Å². The zero-order valence-electron chi connectivity index (χ0n) is 16.1. The van der Waals surface area contributed by atoms with Crippen molar-refractivity contribution in [3.63, 3.8) is 0 Å². The fourth-order valence-corrected chi connectivity index (χ4v) is 4.08. The summed E-state index contributed by atoms with van der Waals surface area (Å²) in [5, 5.41) is 2.97. The molecule has 2 fully saturated rings. The summed E-state index contributed by atoms with van der Waals surface area (Å²) in [4.78, 5) is 33.3. The van der Waals surface area contributed by atoms with Crippen molar-refractivity contribution in [2.75, 3.05) is 46.4 Å². The van der Waals surface area contributed by atoms with Crippen LogP contribution in [-0.2, 0) is 9.53 Å². The summed E-state index contributed by atoms with van der Waals surface area (Å²) in [6.45, 7) is 4.51. The third-order valence-corrected chi connectivity index (χ3v) is 5.61. The van der Waals surface area contributed by atoms with Crippen LogP contribution in [0.25, 0.3) is 0 Å². The average Bonchev–Trinajstić information content (AvgIpc) is 2.74. The first-order chi connectivity index (χ1) is 13.2. The minimum absolute atomic E-state index is 0.0608. The number of carbonyl (C=O) groups excluding carboxylic acids is 2. The number of carbonyl (C=O) groups is 2. The van der Waals surface area contributed by atoms with Crippen LogP contribution in [0.4, 0.5) is 0 Å². The van der Waals surface area contributed by atoms with Crippen LogP contribution in [0.5, 0.6) is 0 Å². The molecule has 0 radical (unpaired) electrons. The molecule has 0 aliphatic carbocycles. The first-order valence-electron chi connectivity index (χ1n) is 9.89. The third kappa shape index (κ3) is 5.26. The van der Waals surface area contributed by atoms with Crippen molar-refractivity contribution in [2.45, 2.75) is 31.7 Å². The highest BCUT2D eigenvalue weighted by Crippen LogP contribution is 2.24. The van der Waals surface area contributed by atoms with Crippen LogP contribution in [-0.4, -0.2) is 79.1 Å². The first kappa shape index (κ1) is 19.8. The Bertz CT molecular complexity index is 617. The van der Waals surface area contributed by atoms with Crippen LogP contribution in [0.15, 0.2) is 24.5 Å². The molecule has 0 unspecified atom stereocenters. The number of rotatable bonds is 6. The second-order valence-electron chi connectivity index (χ2n) is 7.38. The van der Waals surface area contributed by atoms with Gasteiger partial charge in [0.2, 0.25) is 5.91 Å². The van der Waals surface area contributed by atoms with Gasteiger partial charge in [-0.25, -0.2) is 0 Å². The van der Waals surface area contributed by atoms with Gasteiger partial charge < -0.3 is 15.0 Å². The minimum atomic E-state index is 0.0608. The Morgan fingerprint density at radius 3 is 2.78 bits per heavy atom. The lowest BCUT2D eigenvalue weighted by molar-refractivity contribution is -0.127. The van der Waals surface area contributed by atoms with Crippen LogP contribution < -0.4 is 5.32 Å². The molecular weight excluding hydrogens is 344 g/mol. The molecule has 2 aliphatic rings. The van der Waals surface area contributed by atoms with Crippen LogP contribution in [0.2, 0.25) is 0 Å². The van der Waals surface area contributed by atoms with Crippen LogP contribution in [0, 0.1) is 5.92 Å². The minimum Gasteiger partial charge on any atom is -0.383 e. The molecule has 0 aromatic carbocycles. The summed E-state index contributed by atoms with van der Waals surface area (Å²) >= 11 is 0. The predicted octanol–water partition coefficient (Wildman–Crippen LogP) is 1.16. The molecule has 3 heterocycles. The van der Waals surface area contributed by atoms with Gasteiger partial charge in [-0.2, -0.15) is 0 Å². The number of amides is 2. The third-order valence-electron chi connectivity index (χ3n) is 5.61. The van der Waals surface area contributed by atoms with E-state index in [-0.39, 0.29) is 17.7 Å². The molecule has 2 saturated heterocycles. The molecule has 2 aliphatic heterocycles. The summed E-state index contributed by atoms with van der Waals surface area (Å²) in [5.41, 5.74) is 0.654. The van der Waals surface area contributed by atoms with Gasteiger partial charge in [-0.15, -0.1) is 0 Å². The average molecular weight is 374 g/mol. The molecule has 7 nitrogen and oxygen atoms in total. The standard InChI is InChI=1S/C20H30N4O3/c1-27-13-9-22-19(25)17-5-3-10-24(15-17)18-6-11-23(12-7-18)20(26)16-4-2-8-21-14-16/h2,4,8,14,17-18H,3,5-7,9-13,15H2,1H3,(H,22,25)/t17-/m0/s1. The van der Waals surface area contributed by atoms with E-state index in [9.17, 15) is 9.59 Å². The number of ether oxygens (including phenoxy) is 1. The maximum atomic E-state index is 12.6. The fourth-order valence-electron chi connectivity index (χ4n) is 4.08. The number of aromatic nitrogens is 1. The van der Waals surface area contributed by atoms with E-state index in [1.807, 2.05) is 11.0 Å². The van der Waals surface area contributed by atoms with Crippen molar-refractivity contribution in [3.05, 3.63) is 30.1 Å². The molecular formula is C20H30N4O3. The van der Waals surface area contributed by atoms with E-state index in [1.54, 1.807) is 25.6 Å². The summed E-state index contributed by atoms with van der Waals surface area (Å²) < 4.78 is 5.00. The molecule has 1 aromatic heterocycles. The van der Waals surface area contributed by atoms with E-state index in [4.69, 9.17) is 4.74 Å². The van der Waals surface area contributed by atoms with Crippen LogP contribution in [0.1, 0.15) is 36.0 Å². The lowest BCUT2D eigenvalue weighted by atomic mass is 9.93. The molecule has 7 heteroatoms. The smallest absolute Gasteiger partial charge is 0.255 e. The van der Waals surface area contributed by atoms with Gasteiger partial charge >= 0.3 is 0 Å². The zero-order chi connectivity index (χ0) is 19.1. The fraction of sp³-hybridized carbons (Fsp3) is 0.650. The summed E-state index contributed by atoms with van der Waals surface area (Å²) in [7, 11) is 1.64. The van der Waals surface area contributed by atoms with E-state index < -0.39 is 0 Å². The maximum Gasteiger partial charge on any atom is 0.255 e. The number of nitrogens with one attached hydrogen (secondary N) is 1. The molecule has 1 atom stereocenters. The quantitative estimate of drug-likeness (QED) is 0.757. The van der Waals surface area contributed by atoms with Gasteiger partial charge in [0.15, 0.2) is 0 Å². The van der Waals surface area contributed by atoms with Gasteiger partial charge in [0.25, 0.3) is 5.91 Å². The van der Waals surface area contributed by atoms with E-state index in [0.717, 1.165) is 51.9 Å². The van der Waals surface area contributed by atoms with E-state index >= 15 is 0 Å². The van der Waals surface area contributed by atoms with Crippen molar-refractivity contribution >= 4 is 11.8 Å². The highest BCUT2D eigenvalue weighted by atomic mass is 16.5. The molecule has 1 aromatic rings.